The van der Waals surface area contributed by atoms with Crippen molar-refractivity contribution < 1.29 is 4.79 Å². The molecule has 1 heterocycles. The van der Waals surface area contributed by atoms with Gasteiger partial charge in [0.05, 0.1) is 5.54 Å². The first-order chi connectivity index (χ1) is 10.0. The van der Waals surface area contributed by atoms with Crippen LogP contribution in [0.25, 0.3) is 0 Å². The summed E-state index contributed by atoms with van der Waals surface area (Å²) in [5, 5.41) is 3.13. The fraction of sp³-hybridized carbons (Fsp3) is 0.588. The maximum absolute atomic E-state index is 12.2. The molecule has 116 valence electrons. The average Bonchev–Trinajstić information content (AvgIpc) is 2.49. The molecule has 0 aliphatic carbocycles. The van der Waals surface area contributed by atoms with Crippen molar-refractivity contribution >= 4 is 11.6 Å². The SMILES string of the molecule is CCCC(C)(N)C(=O)NC1CCN(c2ccccc2)CC1. The zero-order chi connectivity index (χ0) is 15.3. The van der Waals surface area contributed by atoms with Crippen molar-refractivity contribution in [2.75, 3.05) is 18.0 Å². The van der Waals surface area contributed by atoms with E-state index in [1.165, 1.54) is 5.69 Å². The Balaban J connectivity index is 1.83. The van der Waals surface area contributed by atoms with E-state index < -0.39 is 5.54 Å². The van der Waals surface area contributed by atoms with Gasteiger partial charge in [-0.1, -0.05) is 31.5 Å². The quantitative estimate of drug-likeness (QED) is 0.874. The molecule has 1 atom stereocenters. The Morgan fingerprint density at radius 2 is 1.95 bits per heavy atom. The van der Waals surface area contributed by atoms with Crippen LogP contribution < -0.4 is 16.0 Å². The number of nitrogens with one attached hydrogen (secondary N) is 1. The van der Waals surface area contributed by atoms with Gasteiger partial charge in [0, 0.05) is 24.8 Å². The summed E-state index contributed by atoms with van der Waals surface area (Å²) in [4.78, 5) is 14.6. The third-order valence-electron chi connectivity index (χ3n) is 4.24. The van der Waals surface area contributed by atoms with Crippen LogP contribution in [0.2, 0.25) is 0 Å². The molecule has 1 fully saturated rings. The number of carbonyl (C=O) groups is 1. The normalized spacial score (nSPS) is 19.1. The van der Waals surface area contributed by atoms with Gasteiger partial charge in [0.15, 0.2) is 0 Å². The standard InChI is InChI=1S/C17H27N3O/c1-3-11-17(2,18)16(21)19-14-9-12-20(13-10-14)15-7-5-4-6-8-15/h4-8,14H,3,9-13,18H2,1-2H3,(H,19,21). The zero-order valence-electron chi connectivity index (χ0n) is 13.1. The fourth-order valence-electron chi connectivity index (χ4n) is 2.90. The van der Waals surface area contributed by atoms with Crippen LogP contribution in [0.3, 0.4) is 0 Å². The third-order valence-corrected chi connectivity index (χ3v) is 4.24. The van der Waals surface area contributed by atoms with E-state index in [2.05, 4.69) is 41.4 Å². The van der Waals surface area contributed by atoms with Gasteiger partial charge < -0.3 is 16.0 Å². The van der Waals surface area contributed by atoms with Crippen molar-refractivity contribution in [2.24, 2.45) is 5.73 Å². The Hall–Kier alpha value is -1.55. The molecule has 21 heavy (non-hydrogen) atoms. The van der Waals surface area contributed by atoms with Crippen molar-refractivity contribution in [1.82, 2.24) is 5.32 Å². The lowest BCUT2D eigenvalue weighted by Gasteiger charge is -2.35. The molecule has 0 saturated carbocycles. The van der Waals surface area contributed by atoms with E-state index in [0.717, 1.165) is 38.8 Å². The highest BCUT2D eigenvalue weighted by atomic mass is 16.2. The van der Waals surface area contributed by atoms with E-state index in [1.807, 2.05) is 13.0 Å². The number of piperidine rings is 1. The summed E-state index contributed by atoms with van der Waals surface area (Å²) in [6, 6.07) is 10.7. The van der Waals surface area contributed by atoms with Crippen molar-refractivity contribution in [3.05, 3.63) is 30.3 Å². The fourth-order valence-corrected chi connectivity index (χ4v) is 2.90. The molecule has 4 nitrogen and oxygen atoms in total. The van der Waals surface area contributed by atoms with Crippen molar-refractivity contribution in [3.8, 4) is 0 Å². The number of anilines is 1. The summed E-state index contributed by atoms with van der Waals surface area (Å²) >= 11 is 0. The van der Waals surface area contributed by atoms with Crippen LogP contribution >= 0.6 is 0 Å². The largest absolute Gasteiger partial charge is 0.371 e. The predicted octanol–water partition coefficient (Wildman–Crippen LogP) is 2.29. The van der Waals surface area contributed by atoms with Gasteiger partial charge in [0.25, 0.3) is 0 Å². The summed E-state index contributed by atoms with van der Waals surface area (Å²) < 4.78 is 0. The molecule has 4 heteroatoms. The molecule has 0 spiro atoms. The summed E-state index contributed by atoms with van der Waals surface area (Å²) in [5.41, 5.74) is 6.60. The molecule has 0 bridgehead atoms. The lowest BCUT2D eigenvalue weighted by Crippen LogP contribution is -2.55. The van der Waals surface area contributed by atoms with Crippen LogP contribution in [0.15, 0.2) is 30.3 Å². The van der Waals surface area contributed by atoms with E-state index in [0.29, 0.717) is 0 Å². The van der Waals surface area contributed by atoms with E-state index >= 15 is 0 Å². The number of amides is 1. The number of rotatable bonds is 5. The van der Waals surface area contributed by atoms with Crippen molar-refractivity contribution in [2.45, 2.75) is 51.1 Å². The first-order valence-electron chi connectivity index (χ1n) is 7.93. The second kappa shape index (κ2) is 6.94. The Kier molecular flexibility index (Phi) is 5.23. The van der Waals surface area contributed by atoms with Crippen molar-refractivity contribution in [3.63, 3.8) is 0 Å². The molecule has 1 unspecified atom stereocenters. The molecular weight excluding hydrogens is 262 g/mol. The Morgan fingerprint density at radius 3 is 2.52 bits per heavy atom. The smallest absolute Gasteiger partial charge is 0.240 e. The number of nitrogens with zero attached hydrogens (tertiary/aromatic N) is 1. The van der Waals surface area contributed by atoms with E-state index in [1.54, 1.807) is 0 Å². The maximum Gasteiger partial charge on any atom is 0.240 e. The minimum atomic E-state index is -0.745. The molecule has 1 aromatic carbocycles. The summed E-state index contributed by atoms with van der Waals surface area (Å²) in [6.07, 6.45) is 3.60. The monoisotopic (exact) mass is 289 g/mol. The number of nitrogens with two attached hydrogens (primary N) is 1. The summed E-state index contributed by atoms with van der Waals surface area (Å²) in [6.45, 7) is 5.83. The summed E-state index contributed by atoms with van der Waals surface area (Å²) in [5.74, 6) is -0.0116. The molecule has 3 N–H and O–H groups in total. The van der Waals surface area contributed by atoms with Crippen LogP contribution in [0.1, 0.15) is 39.5 Å². The molecule has 1 aliphatic rings. The molecule has 1 aliphatic heterocycles. The molecule has 2 rings (SSSR count). The summed E-state index contributed by atoms with van der Waals surface area (Å²) in [7, 11) is 0. The number of benzene rings is 1. The Morgan fingerprint density at radius 1 is 1.33 bits per heavy atom. The van der Waals surface area contributed by atoms with Gasteiger partial charge in [-0.15, -0.1) is 0 Å². The Bertz CT molecular complexity index is 450. The maximum atomic E-state index is 12.2. The van der Waals surface area contributed by atoms with Crippen LogP contribution in [-0.2, 0) is 4.79 Å². The topological polar surface area (TPSA) is 58.4 Å². The molecule has 0 radical (unpaired) electrons. The molecular formula is C17H27N3O. The van der Waals surface area contributed by atoms with Gasteiger partial charge in [0.1, 0.15) is 0 Å². The molecule has 1 aromatic rings. The molecule has 1 amide bonds. The highest BCUT2D eigenvalue weighted by Crippen LogP contribution is 2.20. The van der Waals surface area contributed by atoms with Gasteiger partial charge >= 0.3 is 0 Å². The van der Waals surface area contributed by atoms with E-state index in [-0.39, 0.29) is 11.9 Å². The lowest BCUT2D eigenvalue weighted by molar-refractivity contribution is -0.126. The van der Waals surface area contributed by atoms with Crippen LogP contribution in [-0.4, -0.2) is 30.6 Å². The number of hydrogen-bond acceptors (Lipinski definition) is 3. The van der Waals surface area contributed by atoms with Crippen molar-refractivity contribution in [1.29, 1.82) is 0 Å². The molecule has 0 aromatic heterocycles. The minimum Gasteiger partial charge on any atom is -0.371 e. The third kappa shape index (κ3) is 4.21. The van der Waals surface area contributed by atoms with Gasteiger partial charge in [-0.05, 0) is 38.3 Å². The highest BCUT2D eigenvalue weighted by molar-refractivity contribution is 5.85. The second-order valence-corrected chi connectivity index (χ2v) is 6.24. The number of carbonyl (C=O) groups excluding carboxylic acids is 1. The van der Waals surface area contributed by atoms with Gasteiger partial charge in [-0.25, -0.2) is 0 Å². The predicted molar refractivity (Wildman–Crippen MR) is 87.3 cm³/mol. The van der Waals surface area contributed by atoms with Gasteiger partial charge in [-0.2, -0.15) is 0 Å². The lowest BCUT2D eigenvalue weighted by atomic mass is 9.95. The number of hydrogen-bond donors (Lipinski definition) is 2. The van der Waals surface area contributed by atoms with Crippen LogP contribution in [0.5, 0.6) is 0 Å². The zero-order valence-corrected chi connectivity index (χ0v) is 13.1. The van der Waals surface area contributed by atoms with Crippen LogP contribution in [0, 0.1) is 0 Å². The van der Waals surface area contributed by atoms with E-state index in [9.17, 15) is 4.79 Å². The second-order valence-electron chi connectivity index (χ2n) is 6.24. The minimum absolute atomic E-state index is 0.0116. The van der Waals surface area contributed by atoms with E-state index in [4.69, 9.17) is 5.73 Å². The number of para-hydroxylation sites is 1. The first-order valence-corrected chi connectivity index (χ1v) is 7.93. The van der Waals surface area contributed by atoms with Gasteiger partial charge in [0.2, 0.25) is 5.91 Å². The highest BCUT2D eigenvalue weighted by Gasteiger charge is 2.30. The molecule has 1 saturated heterocycles. The Labute approximate surface area is 127 Å². The van der Waals surface area contributed by atoms with Gasteiger partial charge in [-0.3, -0.25) is 4.79 Å². The average molecular weight is 289 g/mol. The van der Waals surface area contributed by atoms with Crippen LogP contribution in [0.4, 0.5) is 5.69 Å². The first kappa shape index (κ1) is 15.8.